The lowest BCUT2D eigenvalue weighted by molar-refractivity contribution is -0.129. The summed E-state index contributed by atoms with van der Waals surface area (Å²) in [5, 5.41) is 2.86. The van der Waals surface area contributed by atoms with E-state index in [9.17, 15) is 9.59 Å². The first kappa shape index (κ1) is 18.6. The number of carbonyl (C=O) groups is 2. The fourth-order valence-electron chi connectivity index (χ4n) is 3.01. The Morgan fingerprint density at radius 2 is 1.89 bits per heavy atom. The second-order valence-corrected chi connectivity index (χ2v) is 6.25. The van der Waals surface area contributed by atoms with Crippen LogP contribution in [-0.2, 0) is 11.3 Å². The van der Waals surface area contributed by atoms with Gasteiger partial charge < -0.3 is 19.9 Å². The summed E-state index contributed by atoms with van der Waals surface area (Å²) in [6.07, 6.45) is 1.39. The Balaban J connectivity index is 1.63. The maximum Gasteiger partial charge on any atom is 0.270 e. The number of aromatic nitrogens is 2. The maximum absolute atomic E-state index is 12.5. The molecule has 0 bridgehead atoms. The van der Waals surface area contributed by atoms with Crippen LogP contribution in [0.4, 0.5) is 5.82 Å². The number of anilines is 1. The summed E-state index contributed by atoms with van der Waals surface area (Å²) < 4.78 is 5.30. The molecular formula is C19H23N5O3. The van der Waals surface area contributed by atoms with Gasteiger partial charge in [-0.1, -0.05) is 18.2 Å². The molecule has 1 aromatic carbocycles. The monoisotopic (exact) mass is 369 g/mol. The quantitative estimate of drug-likeness (QED) is 0.849. The van der Waals surface area contributed by atoms with Gasteiger partial charge in [-0.3, -0.25) is 9.59 Å². The van der Waals surface area contributed by atoms with Gasteiger partial charge in [-0.2, -0.15) is 0 Å². The van der Waals surface area contributed by atoms with E-state index in [0.717, 1.165) is 11.3 Å². The van der Waals surface area contributed by atoms with Gasteiger partial charge in [0.25, 0.3) is 5.91 Å². The van der Waals surface area contributed by atoms with Crippen molar-refractivity contribution in [1.29, 1.82) is 0 Å². The third-order valence-corrected chi connectivity index (χ3v) is 4.57. The van der Waals surface area contributed by atoms with E-state index in [4.69, 9.17) is 4.74 Å². The summed E-state index contributed by atoms with van der Waals surface area (Å²) in [5.41, 5.74) is 1.20. The van der Waals surface area contributed by atoms with E-state index >= 15 is 0 Å². The summed E-state index contributed by atoms with van der Waals surface area (Å²) in [4.78, 5) is 36.1. The van der Waals surface area contributed by atoms with Crippen LogP contribution < -0.4 is 15.0 Å². The molecule has 0 atom stereocenters. The molecule has 0 saturated carbocycles. The predicted octanol–water partition coefficient (Wildman–Crippen LogP) is 1.08. The van der Waals surface area contributed by atoms with E-state index in [1.165, 1.54) is 6.33 Å². The second kappa shape index (κ2) is 8.48. The van der Waals surface area contributed by atoms with Crippen molar-refractivity contribution in [2.24, 2.45) is 0 Å². The van der Waals surface area contributed by atoms with Gasteiger partial charge in [-0.05, 0) is 6.07 Å². The highest BCUT2D eigenvalue weighted by Gasteiger charge is 2.20. The summed E-state index contributed by atoms with van der Waals surface area (Å²) >= 11 is 0. The molecule has 2 heterocycles. The van der Waals surface area contributed by atoms with Crippen molar-refractivity contribution in [3.05, 3.63) is 47.9 Å². The lowest BCUT2D eigenvalue weighted by atomic mass is 10.2. The molecule has 8 nitrogen and oxygen atoms in total. The molecule has 0 radical (unpaired) electrons. The van der Waals surface area contributed by atoms with Crippen molar-refractivity contribution in [1.82, 2.24) is 20.2 Å². The molecular weight excluding hydrogens is 346 g/mol. The van der Waals surface area contributed by atoms with Crippen molar-refractivity contribution in [3.8, 4) is 5.75 Å². The number of nitrogens with zero attached hydrogens (tertiary/aromatic N) is 4. The number of nitrogens with one attached hydrogen (secondary N) is 1. The fourth-order valence-corrected chi connectivity index (χ4v) is 3.01. The van der Waals surface area contributed by atoms with Crippen molar-refractivity contribution in [2.45, 2.75) is 13.5 Å². The second-order valence-electron chi connectivity index (χ2n) is 6.25. The van der Waals surface area contributed by atoms with Crippen LogP contribution in [0.25, 0.3) is 0 Å². The molecule has 1 aliphatic heterocycles. The standard InChI is InChI=1S/C19H23N5O3/c1-14(25)23-7-9-24(10-8-23)18-11-16(21-13-22-18)19(26)20-12-15-5-3-4-6-17(15)27-2/h3-6,11,13H,7-10,12H2,1-2H3,(H,20,26). The number of piperazine rings is 1. The average Bonchev–Trinajstić information content (AvgIpc) is 2.72. The third kappa shape index (κ3) is 4.52. The fraction of sp³-hybridized carbons (Fsp3) is 0.368. The molecule has 0 unspecified atom stereocenters. The van der Waals surface area contributed by atoms with E-state index in [2.05, 4.69) is 20.2 Å². The van der Waals surface area contributed by atoms with E-state index in [1.54, 1.807) is 25.0 Å². The van der Waals surface area contributed by atoms with Crippen molar-refractivity contribution < 1.29 is 14.3 Å². The molecule has 3 rings (SSSR count). The minimum Gasteiger partial charge on any atom is -0.496 e. The van der Waals surface area contributed by atoms with Crippen LogP contribution >= 0.6 is 0 Å². The summed E-state index contributed by atoms with van der Waals surface area (Å²) in [5.74, 6) is 1.22. The minimum atomic E-state index is -0.271. The Morgan fingerprint density at radius 3 is 2.59 bits per heavy atom. The first-order chi connectivity index (χ1) is 13.1. The number of hydrogen-bond donors (Lipinski definition) is 1. The first-order valence-electron chi connectivity index (χ1n) is 8.81. The van der Waals surface area contributed by atoms with E-state index in [-0.39, 0.29) is 11.8 Å². The van der Waals surface area contributed by atoms with Crippen LogP contribution in [-0.4, -0.2) is 60.0 Å². The Morgan fingerprint density at radius 1 is 1.15 bits per heavy atom. The molecule has 0 aliphatic carbocycles. The molecule has 0 spiro atoms. The number of para-hydroxylation sites is 1. The molecule has 2 amide bonds. The first-order valence-corrected chi connectivity index (χ1v) is 8.81. The number of hydrogen-bond acceptors (Lipinski definition) is 6. The minimum absolute atomic E-state index is 0.0775. The number of ether oxygens (including phenoxy) is 1. The summed E-state index contributed by atoms with van der Waals surface area (Å²) in [6, 6.07) is 9.21. The Bertz CT molecular complexity index is 818. The maximum atomic E-state index is 12.5. The molecule has 8 heteroatoms. The molecule has 142 valence electrons. The van der Waals surface area contributed by atoms with Crippen molar-refractivity contribution in [3.63, 3.8) is 0 Å². The normalized spacial score (nSPS) is 14.0. The topological polar surface area (TPSA) is 87.7 Å². The molecule has 1 fully saturated rings. The summed E-state index contributed by atoms with van der Waals surface area (Å²) in [6.45, 7) is 4.57. The van der Waals surface area contributed by atoms with E-state index in [1.807, 2.05) is 24.3 Å². The molecule has 1 saturated heterocycles. The SMILES string of the molecule is COc1ccccc1CNC(=O)c1cc(N2CCN(C(C)=O)CC2)ncn1. The lowest BCUT2D eigenvalue weighted by Crippen LogP contribution is -2.48. The zero-order chi connectivity index (χ0) is 19.2. The van der Waals surface area contributed by atoms with Gasteiger partial charge in [-0.25, -0.2) is 9.97 Å². The van der Waals surface area contributed by atoms with Gasteiger partial charge in [0.2, 0.25) is 5.91 Å². The molecule has 2 aromatic rings. The Hall–Kier alpha value is -3.16. The molecule has 1 aliphatic rings. The van der Waals surface area contributed by atoms with Crippen LogP contribution in [0, 0.1) is 0 Å². The molecule has 27 heavy (non-hydrogen) atoms. The predicted molar refractivity (Wildman–Crippen MR) is 101 cm³/mol. The molecule has 1 aromatic heterocycles. The number of rotatable bonds is 5. The number of carbonyl (C=O) groups excluding carboxylic acids is 2. The zero-order valence-electron chi connectivity index (χ0n) is 15.5. The van der Waals surface area contributed by atoms with E-state index in [0.29, 0.717) is 44.2 Å². The Labute approximate surface area is 158 Å². The third-order valence-electron chi connectivity index (χ3n) is 4.57. The van der Waals surface area contributed by atoms with Crippen LogP contribution in [0.15, 0.2) is 36.7 Å². The van der Waals surface area contributed by atoms with E-state index < -0.39 is 0 Å². The summed E-state index contributed by atoms with van der Waals surface area (Å²) in [7, 11) is 1.60. The van der Waals surface area contributed by atoms with Crippen molar-refractivity contribution in [2.75, 3.05) is 38.2 Å². The van der Waals surface area contributed by atoms with Gasteiger partial charge in [0.15, 0.2) is 0 Å². The van der Waals surface area contributed by atoms with Gasteiger partial charge in [0.05, 0.1) is 7.11 Å². The lowest BCUT2D eigenvalue weighted by Gasteiger charge is -2.34. The van der Waals surface area contributed by atoms with Crippen LogP contribution in [0.3, 0.4) is 0 Å². The van der Waals surface area contributed by atoms with Crippen LogP contribution in [0.5, 0.6) is 5.75 Å². The zero-order valence-corrected chi connectivity index (χ0v) is 15.5. The average molecular weight is 369 g/mol. The largest absolute Gasteiger partial charge is 0.496 e. The van der Waals surface area contributed by atoms with Crippen molar-refractivity contribution >= 4 is 17.6 Å². The van der Waals surface area contributed by atoms with Gasteiger partial charge in [-0.15, -0.1) is 0 Å². The van der Waals surface area contributed by atoms with Crippen LogP contribution in [0.2, 0.25) is 0 Å². The van der Waals surface area contributed by atoms with Gasteiger partial charge in [0, 0.05) is 51.3 Å². The smallest absolute Gasteiger partial charge is 0.270 e. The number of benzene rings is 1. The Kier molecular flexibility index (Phi) is 5.85. The van der Waals surface area contributed by atoms with Gasteiger partial charge >= 0.3 is 0 Å². The number of methoxy groups -OCH3 is 1. The van der Waals surface area contributed by atoms with Gasteiger partial charge in [0.1, 0.15) is 23.6 Å². The van der Waals surface area contributed by atoms with Crippen LogP contribution in [0.1, 0.15) is 23.0 Å². The highest BCUT2D eigenvalue weighted by atomic mass is 16.5. The number of amides is 2. The highest BCUT2D eigenvalue weighted by molar-refractivity contribution is 5.92. The molecule has 1 N–H and O–H groups in total. The highest BCUT2D eigenvalue weighted by Crippen LogP contribution is 2.17.